The number of rotatable bonds is 7. The number of hydrogen-bond donors (Lipinski definition) is 1. The smallest absolute Gasteiger partial charge is 0.406 e. The van der Waals surface area contributed by atoms with Gasteiger partial charge in [-0.05, 0) is 65.6 Å². The number of aliphatic hydroxyl groups excluding tert-OH is 1. The van der Waals surface area contributed by atoms with Gasteiger partial charge in [0.15, 0.2) is 6.10 Å². The largest absolute Gasteiger partial charge is 0.573 e. The molecule has 4 nitrogen and oxygen atoms in total. The lowest BCUT2D eigenvalue weighted by Crippen LogP contribution is -2.44. The fourth-order valence-electron chi connectivity index (χ4n) is 4.83. The molecule has 0 saturated heterocycles. The second-order valence-electron chi connectivity index (χ2n) is 9.13. The number of ether oxygens (including phenoxy) is 2. The van der Waals surface area contributed by atoms with Crippen LogP contribution in [0.25, 0.3) is 0 Å². The molecule has 1 heterocycles. The Kier molecular flexibility index (Phi) is 7.60. The Morgan fingerprint density at radius 3 is 2.00 bits per heavy atom. The predicted molar refractivity (Wildman–Crippen MR) is 121 cm³/mol. The zero-order chi connectivity index (χ0) is 29.5. The molecule has 1 unspecified atom stereocenters. The summed E-state index contributed by atoms with van der Waals surface area (Å²) in [6.45, 7) is -1.40. The van der Waals surface area contributed by atoms with Gasteiger partial charge in [0.25, 0.3) is 0 Å². The molecule has 0 spiro atoms. The van der Waals surface area contributed by atoms with Crippen molar-refractivity contribution in [3.63, 3.8) is 0 Å². The maximum Gasteiger partial charge on any atom is 0.573 e. The lowest BCUT2D eigenvalue weighted by atomic mass is 9.71. The van der Waals surface area contributed by atoms with Gasteiger partial charge in [0, 0.05) is 17.6 Å². The number of nitrogens with zero attached hydrogens (tertiary/aromatic N) is 1. The van der Waals surface area contributed by atoms with Crippen molar-refractivity contribution in [3.8, 4) is 11.5 Å². The lowest BCUT2D eigenvalue weighted by Gasteiger charge is -2.33. The van der Waals surface area contributed by atoms with Gasteiger partial charge in [-0.2, -0.15) is 13.2 Å². The van der Waals surface area contributed by atoms with Crippen molar-refractivity contribution in [2.75, 3.05) is 18.0 Å². The highest BCUT2D eigenvalue weighted by Crippen LogP contribution is 2.49. The first-order chi connectivity index (χ1) is 18.5. The van der Waals surface area contributed by atoms with E-state index in [1.807, 2.05) is 0 Å². The fraction of sp³-hybridized carbons (Fsp3) is 0.308. The Hall–Kier alpha value is -3.68. The van der Waals surface area contributed by atoms with Gasteiger partial charge in [0.2, 0.25) is 0 Å². The third kappa shape index (κ3) is 6.72. The van der Waals surface area contributed by atoms with Crippen molar-refractivity contribution in [2.45, 2.75) is 36.8 Å². The molecule has 0 saturated carbocycles. The summed E-state index contributed by atoms with van der Waals surface area (Å²) >= 11 is 0. The molecule has 14 heteroatoms. The van der Waals surface area contributed by atoms with Crippen LogP contribution in [0.15, 0.2) is 66.7 Å². The number of β-amino-alcohol motifs (C(OH)–C–C–N with tert-alkyl or cyclic N) is 1. The van der Waals surface area contributed by atoms with Crippen LogP contribution < -0.4 is 14.4 Å². The van der Waals surface area contributed by atoms with E-state index in [2.05, 4.69) is 9.47 Å². The summed E-state index contributed by atoms with van der Waals surface area (Å²) in [5.41, 5.74) is -1.29. The SMILES string of the molecule is O[C@H](CN1CC(Cc2cccc(OC(F)(F)F)c2)(c2cccc(OC(F)(F)F)c2)c2cc(F)ccc21)C(F)(F)F. The van der Waals surface area contributed by atoms with Crippen molar-refractivity contribution in [1.82, 2.24) is 0 Å². The average molecular weight is 583 g/mol. The fourth-order valence-corrected chi connectivity index (χ4v) is 4.83. The maximum absolute atomic E-state index is 14.5. The van der Waals surface area contributed by atoms with Crippen molar-refractivity contribution < 1.29 is 58.5 Å². The molecule has 216 valence electrons. The van der Waals surface area contributed by atoms with Crippen molar-refractivity contribution in [2.24, 2.45) is 0 Å². The van der Waals surface area contributed by atoms with Crippen LogP contribution >= 0.6 is 0 Å². The molecule has 40 heavy (non-hydrogen) atoms. The van der Waals surface area contributed by atoms with Crippen molar-refractivity contribution in [1.29, 1.82) is 0 Å². The summed E-state index contributed by atoms with van der Waals surface area (Å²) in [4.78, 5) is 1.10. The standard InChI is InChI=1S/C26H19F10NO3/c27-17-7-8-21-20(11-17)23(14-37(21)13-22(38)24(28,29)30,16-4-2-6-19(10-16)40-26(34,35)36)12-15-3-1-5-18(9-15)39-25(31,32)33/h1-11,22,38H,12-14H2/t22-,23?/m1/s1. The third-order valence-corrected chi connectivity index (χ3v) is 6.30. The molecule has 0 bridgehead atoms. The first-order valence-electron chi connectivity index (χ1n) is 11.5. The van der Waals surface area contributed by atoms with E-state index in [0.717, 1.165) is 47.4 Å². The molecule has 0 aromatic heterocycles. The van der Waals surface area contributed by atoms with Crippen LogP contribution in [0.5, 0.6) is 11.5 Å². The number of fused-ring (bicyclic) bond motifs is 1. The highest BCUT2D eigenvalue weighted by molar-refractivity contribution is 5.67. The molecule has 1 N–H and O–H groups in total. The minimum atomic E-state index is -5.09. The summed E-state index contributed by atoms with van der Waals surface area (Å²) in [6.07, 6.45) is -18.3. The van der Waals surface area contributed by atoms with E-state index in [4.69, 9.17) is 0 Å². The second-order valence-corrected chi connectivity index (χ2v) is 9.13. The molecule has 1 aliphatic heterocycles. The average Bonchev–Trinajstić information content (AvgIpc) is 3.10. The number of aliphatic hydroxyl groups is 1. The second kappa shape index (κ2) is 10.4. The molecule has 0 amide bonds. The van der Waals surface area contributed by atoms with Gasteiger partial charge in [0.1, 0.15) is 17.3 Å². The molecule has 0 fully saturated rings. The molecule has 1 aliphatic rings. The van der Waals surface area contributed by atoms with Gasteiger partial charge >= 0.3 is 18.9 Å². The van der Waals surface area contributed by atoms with Gasteiger partial charge < -0.3 is 19.5 Å². The normalized spacial score (nSPS) is 18.4. The quantitative estimate of drug-likeness (QED) is 0.308. The van der Waals surface area contributed by atoms with Gasteiger partial charge in [-0.25, -0.2) is 4.39 Å². The highest BCUT2D eigenvalue weighted by Gasteiger charge is 2.48. The van der Waals surface area contributed by atoms with Gasteiger partial charge in [-0.3, -0.25) is 0 Å². The third-order valence-electron chi connectivity index (χ3n) is 6.30. The van der Waals surface area contributed by atoms with Crippen LogP contribution in [-0.2, 0) is 11.8 Å². The van der Waals surface area contributed by atoms with Crippen LogP contribution in [0.2, 0.25) is 0 Å². The van der Waals surface area contributed by atoms with E-state index in [9.17, 15) is 49.0 Å². The number of halogens is 10. The lowest BCUT2D eigenvalue weighted by molar-refractivity contribution is -0.275. The number of benzene rings is 3. The molecule has 4 rings (SSSR count). The molecular formula is C26H19F10NO3. The number of hydrogen-bond acceptors (Lipinski definition) is 4. The topological polar surface area (TPSA) is 41.9 Å². The van der Waals surface area contributed by atoms with E-state index >= 15 is 0 Å². The maximum atomic E-state index is 14.5. The van der Waals surface area contributed by atoms with Crippen molar-refractivity contribution in [3.05, 3.63) is 89.2 Å². The molecule has 2 atom stereocenters. The predicted octanol–water partition coefficient (Wildman–Crippen LogP) is 6.89. The van der Waals surface area contributed by atoms with Crippen LogP contribution in [0.3, 0.4) is 0 Å². The highest BCUT2D eigenvalue weighted by atomic mass is 19.4. The summed E-state index contributed by atoms with van der Waals surface area (Å²) in [6, 6.07) is 12.2. The minimum Gasteiger partial charge on any atom is -0.406 e. The van der Waals surface area contributed by atoms with E-state index in [1.165, 1.54) is 24.3 Å². The Bertz CT molecular complexity index is 1360. The monoisotopic (exact) mass is 583 g/mol. The Balaban J connectivity index is 1.87. The Labute approximate surface area is 220 Å². The van der Waals surface area contributed by atoms with Crippen LogP contribution in [0.1, 0.15) is 16.7 Å². The zero-order valence-electron chi connectivity index (χ0n) is 20.0. The van der Waals surface area contributed by atoms with Crippen LogP contribution in [0.4, 0.5) is 49.6 Å². The molecular weight excluding hydrogens is 564 g/mol. The molecule has 0 radical (unpaired) electrons. The molecule has 3 aromatic carbocycles. The molecule has 3 aromatic rings. The van der Waals surface area contributed by atoms with Crippen molar-refractivity contribution >= 4 is 5.69 Å². The Morgan fingerprint density at radius 2 is 1.40 bits per heavy atom. The van der Waals surface area contributed by atoms with Gasteiger partial charge in [-0.1, -0.05) is 24.3 Å². The van der Waals surface area contributed by atoms with Gasteiger partial charge in [0.05, 0.1) is 6.54 Å². The summed E-state index contributed by atoms with van der Waals surface area (Å²) in [5.74, 6) is -2.11. The first-order valence-corrected chi connectivity index (χ1v) is 11.5. The van der Waals surface area contributed by atoms with Crippen LogP contribution in [0, 0.1) is 5.82 Å². The molecule has 0 aliphatic carbocycles. The van der Waals surface area contributed by atoms with Gasteiger partial charge in [-0.15, -0.1) is 26.3 Å². The van der Waals surface area contributed by atoms with E-state index < -0.39 is 60.8 Å². The minimum absolute atomic E-state index is 0.0484. The zero-order valence-corrected chi connectivity index (χ0v) is 20.0. The number of alkyl halides is 9. The van der Waals surface area contributed by atoms with E-state index in [0.29, 0.717) is 0 Å². The van der Waals surface area contributed by atoms with Crippen LogP contribution in [-0.4, -0.2) is 43.2 Å². The summed E-state index contributed by atoms with van der Waals surface area (Å²) in [7, 11) is 0. The Morgan fingerprint density at radius 1 is 0.800 bits per heavy atom. The van der Waals surface area contributed by atoms with E-state index in [-0.39, 0.29) is 28.8 Å². The number of anilines is 1. The first kappa shape index (κ1) is 29.3. The summed E-state index contributed by atoms with van der Waals surface area (Å²) < 4.78 is 139. The summed E-state index contributed by atoms with van der Waals surface area (Å²) in [5, 5.41) is 9.76. The van der Waals surface area contributed by atoms with E-state index in [1.54, 1.807) is 0 Å².